The lowest BCUT2D eigenvalue weighted by Gasteiger charge is -2.24. The van der Waals surface area contributed by atoms with Crippen molar-refractivity contribution in [2.45, 2.75) is 68.8 Å². The van der Waals surface area contributed by atoms with Gasteiger partial charge in [-0.05, 0) is 19.3 Å². The number of esters is 1. The van der Waals surface area contributed by atoms with Crippen LogP contribution in [0.4, 0.5) is 0 Å². The van der Waals surface area contributed by atoms with E-state index in [0.29, 0.717) is 5.25 Å². The highest BCUT2D eigenvalue weighted by atomic mass is 32.2. The van der Waals surface area contributed by atoms with Crippen molar-refractivity contribution < 1.29 is 9.53 Å². The van der Waals surface area contributed by atoms with Gasteiger partial charge < -0.3 is 4.74 Å². The standard InChI is InChI=1S/C13H24O2S/c1-3-4-10-12(13(14)15-2)16-11-8-6-5-7-9-11/h11-12H,3-10H2,1-2H3. The van der Waals surface area contributed by atoms with Gasteiger partial charge in [0, 0.05) is 5.25 Å². The fraction of sp³-hybridized carbons (Fsp3) is 0.923. The number of hydrogen-bond acceptors (Lipinski definition) is 3. The van der Waals surface area contributed by atoms with Gasteiger partial charge in [-0.2, -0.15) is 0 Å². The van der Waals surface area contributed by atoms with Crippen LogP contribution in [0.5, 0.6) is 0 Å². The minimum absolute atomic E-state index is 0.0241. The molecule has 3 heteroatoms. The zero-order chi connectivity index (χ0) is 11.8. The second-order valence-corrected chi connectivity index (χ2v) is 6.06. The highest BCUT2D eigenvalue weighted by Gasteiger charge is 2.24. The lowest BCUT2D eigenvalue weighted by molar-refractivity contribution is -0.140. The third-order valence-corrected chi connectivity index (χ3v) is 4.81. The minimum Gasteiger partial charge on any atom is -0.468 e. The largest absolute Gasteiger partial charge is 0.468 e. The van der Waals surface area contributed by atoms with Crippen LogP contribution in [0, 0.1) is 0 Å². The van der Waals surface area contributed by atoms with Crippen LogP contribution < -0.4 is 0 Å². The van der Waals surface area contributed by atoms with Gasteiger partial charge in [0.25, 0.3) is 0 Å². The van der Waals surface area contributed by atoms with Gasteiger partial charge in [-0.3, -0.25) is 4.79 Å². The predicted molar refractivity (Wildman–Crippen MR) is 69.8 cm³/mol. The third-order valence-electron chi connectivity index (χ3n) is 3.19. The van der Waals surface area contributed by atoms with Crippen LogP contribution in [0.3, 0.4) is 0 Å². The zero-order valence-electron chi connectivity index (χ0n) is 10.5. The number of hydrogen-bond donors (Lipinski definition) is 0. The molecule has 94 valence electrons. The first kappa shape index (κ1) is 13.9. The number of rotatable bonds is 6. The molecule has 1 unspecified atom stereocenters. The molecule has 16 heavy (non-hydrogen) atoms. The van der Waals surface area contributed by atoms with Crippen LogP contribution in [0.2, 0.25) is 0 Å². The molecule has 0 N–H and O–H groups in total. The van der Waals surface area contributed by atoms with Gasteiger partial charge in [-0.15, -0.1) is 11.8 Å². The molecular formula is C13H24O2S. The summed E-state index contributed by atoms with van der Waals surface area (Å²) in [6.45, 7) is 2.17. The van der Waals surface area contributed by atoms with Crippen LogP contribution in [0.1, 0.15) is 58.3 Å². The molecular weight excluding hydrogens is 220 g/mol. The van der Waals surface area contributed by atoms with E-state index in [0.717, 1.165) is 19.3 Å². The van der Waals surface area contributed by atoms with Crippen LogP contribution >= 0.6 is 11.8 Å². The van der Waals surface area contributed by atoms with E-state index in [4.69, 9.17) is 4.74 Å². The van der Waals surface area contributed by atoms with Crippen LogP contribution in [-0.4, -0.2) is 23.6 Å². The number of ether oxygens (including phenoxy) is 1. The Morgan fingerprint density at radius 2 is 2.06 bits per heavy atom. The third kappa shape index (κ3) is 4.77. The Balaban J connectivity index is 2.38. The maximum atomic E-state index is 11.6. The molecule has 0 aliphatic heterocycles. The summed E-state index contributed by atoms with van der Waals surface area (Å²) in [7, 11) is 1.50. The van der Waals surface area contributed by atoms with E-state index in [9.17, 15) is 4.79 Å². The van der Waals surface area contributed by atoms with Gasteiger partial charge >= 0.3 is 5.97 Å². The van der Waals surface area contributed by atoms with Gasteiger partial charge in [-0.25, -0.2) is 0 Å². The summed E-state index contributed by atoms with van der Waals surface area (Å²) < 4.78 is 4.89. The molecule has 0 amide bonds. The molecule has 1 saturated carbocycles. The number of thioether (sulfide) groups is 1. The van der Waals surface area contributed by atoms with E-state index < -0.39 is 0 Å². The van der Waals surface area contributed by atoms with Crippen molar-refractivity contribution in [1.82, 2.24) is 0 Å². The lowest BCUT2D eigenvalue weighted by Crippen LogP contribution is -2.23. The van der Waals surface area contributed by atoms with Gasteiger partial charge in [0.05, 0.1) is 7.11 Å². The smallest absolute Gasteiger partial charge is 0.318 e. The fourth-order valence-electron chi connectivity index (χ4n) is 2.20. The molecule has 0 heterocycles. The summed E-state index contributed by atoms with van der Waals surface area (Å²) in [5.41, 5.74) is 0. The summed E-state index contributed by atoms with van der Waals surface area (Å²) in [6, 6.07) is 0. The van der Waals surface area contributed by atoms with Crippen molar-refractivity contribution >= 4 is 17.7 Å². The molecule has 0 aromatic heterocycles. The van der Waals surface area contributed by atoms with Crippen molar-refractivity contribution in [2.24, 2.45) is 0 Å². The molecule has 0 saturated heterocycles. The van der Waals surface area contributed by atoms with E-state index in [1.807, 2.05) is 11.8 Å². The van der Waals surface area contributed by atoms with Crippen molar-refractivity contribution in [2.75, 3.05) is 7.11 Å². The first-order chi connectivity index (χ1) is 7.77. The Bertz CT molecular complexity index is 200. The summed E-state index contributed by atoms with van der Waals surface area (Å²) in [5.74, 6) is -0.0241. The van der Waals surface area contributed by atoms with Gasteiger partial charge in [-0.1, -0.05) is 39.0 Å². The van der Waals surface area contributed by atoms with E-state index in [2.05, 4.69) is 6.92 Å². The van der Waals surface area contributed by atoms with Crippen molar-refractivity contribution in [3.8, 4) is 0 Å². The number of carbonyl (C=O) groups is 1. The molecule has 0 bridgehead atoms. The molecule has 0 aromatic carbocycles. The van der Waals surface area contributed by atoms with Crippen LogP contribution in [-0.2, 0) is 9.53 Å². The zero-order valence-corrected chi connectivity index (χ0v) is 11.4. The molecule has 0 radical (unpaired) electrons. The number of methoxy groups -OCH3 is 1. The van der Waals surface area contributed by atoms with E-state index in [1.54, 1.807) is 0 Å². The first-order valence-electron chi connectivity index (χ1n) is 6.51. The Kier molecular flexibility index (Phi) is 6.93. The van der Waals surface area contributed by atoms with E-state index >= 15 is 0 Å². The molecule has 1 aliphatic rings. The number of carbonyl (C=O) groups excluding carboxylic acids is 1. The average Bonchev–Trinajstić information content (AvgIpc) is 2.34. The van der Waals surface area contributed by atoms with Gasteiger partial charge in [0.15, 0.2) is 0 Å². The molecule has 2 nitrogen and oxygen atoms in total. The maximum Gasteiger partial charge on any atom is 0.318 e. The molecule has 1 atom stereocenters. The van der Waals surface area contributed by atoms with Gasteiger partial charge in [0.2, 0.25) is 0 Å². The SMILES string of the molecule is CCCCC(SC1CCCCC1)C(=O)OC. The highest BCUT2D eigenvalue weighted by Crippen LogP contribution is 2.33. The Morgan fingerprint density at radius 3 is 2.62 bits per heavy atom. The Labute approximate surface area is 104 Å². The lowest BCUT2D eigenvalue weighted by atomic mass is 10.0. The molecule has 0 spiro atoms. The van der Waals surface area contributed by atoms with Gasteiger partial charge in [0.1, 0.15) is 5.25 Å². The minimum atomic E-state index is -0.0241. The summed E-state index contributed by atoms with van der Waals surface area (Å²) >= 11 is 1.86. The number of unbranched alkanes of at least 4 members (excludes halogenated alkanes) is 1. The first-order valence-corrected chi connectivity index (χ1v) is 7.45. The topological polar surface area (TPSA) is 26.3 Å². The summed E-state index contributed by atoms with van der Waals surface area (Å²) in [6.07, 6.45) is 9.85. The van der Waals surface area contributed by atoms with Crippen molar-refractivity contribution in [3.63, 3.8) is 0 Å². The Morgan fingerprint density at radius 1 is 1.38 bits per heavy atom. The van der Waals surface area contributed by atoms with E-state index in [-0.39, 0.29) is 11.2 Å². The van der Waals surface area contributed by atoms with Crippen molar-refractivity contribution in [3.05, 3.63) is 0 Å². The van der Waals surface area contributed by atoms with Crippen molar-refractivity contribution in [1.29, 1.82) is 0 Å². The average molecular weight is 244 g/mol. The summed E-state index contributed by atoms with van der Waals surface area (Å²) in [4.78, 5) is 11.6. The maximum absolute atomic E-state index is 11.6. The van der Waals surface area contributed by atoms with E-state index in [1.165, 1.54) is 39.2 Å². The second-order valence-electron chi connectivity index (χ2n) is 4.55. The normalized spacial score (nSPS) is 19.4. The monoisotopic (exact) mass is 244 g/mol. The molecule has 1 rings (SSSR count). The predicted octanol–water partition coefficient (Wildman–Crippen LogP) is 3.78. The summed E-state index contributed by atoms with van der Waals surface area (Å²) in [5, 5.41) is 0.766. The fourth-order valence-corrected chi connectivity index (χ4v) is 3.78. The second kappa shape index (κ2) is 7.99. The molecule has 1 aliphatic carbocycles. The van der Waals surface area contributed by atoms with Crippen LogP contribution in [0.25, 0.3) is 0 Å². The Hall–Kier alpha value is -0.180. The highest BCUT2D eigenvalue weighted by molar-refractivity contribution is 8.01. The van der Waals surface area contributed by atoms with Crippen LogP contribution in [0.15, 0.2) is 0 Å². The quantitative estimate of drug-likeness (QED) is 0.665. The molecule has 1 fully saturated rings. The molecule has 0 aromatic rings.